The van der Waals surface area contributed by atoms with Crippen LogP contribution in [0.25, 0.3) is 10.9 Å². The highest BCUT2D eigenvalue weighted by molar-refractivity contribution is 5.97. The molecule has 186 valence electrons. The molecule has 0 radical (unpaired) electrons. The molecule has 4 rings (SSSR count). The van der Waals surface area contributed by atoms with Crippen LogP contribution in [0, 0.1) is 0 Å². The molecule has 1 unspecified atom stereocenters. The zero-order valence-corrected chi connectivity index (χ0v) is 20.9. The highest BCUT2D eigenvalue weighted by Gasteiger charge is 2.21. The molecule has 2 aromatic carbocycles. The number of carbonyl (C=O) groups excluding carboxylic acids is 2. The van der Waals surface area contributed by atoms with Crippen LogP contribution < -0.4 is 16.2 Å². The summed E-state index contributed by atoms with van der Waals surface area (Å²) in [6.45, 7) is 2.29. The first-order chi connectivity index (χ1) is 16.5. The van der Waals surface area contributed by atoms with Crippen LogP contribution in [0.1, 0.15) is 47.6 Å². The Bertz CT molecular complexity index is 1210. The van der Waals surface area contributed by atoms with Gasteiger partial charge in [-0.2, -0.15) is 0 Å². The molecular weight excluding hydrogens is 464 g/mol. The second kappa shape index (κ2) is 12.5. The molecule has 1 aliphatic heterocycles. The molecule has 2 amide bonds. The predicted octanol–water partition coefficient (Wildman–Crippen LogP) is 3.42. The van der Waals surface area contributed by atoms with Crippen LogP contribution in [0.5, 0.6) is 0 Å². The number of hydrogen-bond acceptors (Lipinski definition) is 4. The second-order valence-electron chi connectivity index (χ2n) is 8.81. The van der Waals surface area contributed by atoms with E-state index in [1.807, 2.05) is 54.6 Å². The molecule has 1 aliphatic rings. The lowest BCUT2D eigenvalue weighted by molar-refractivity contribution is -0.121. The molecule has 0 aliphatic carbocycles. The molecule has 0 saturated carbocycles. The van der Waals surface area contributed by atoms with E-state index in [0.29, 0.717) is 32.5 Å². The first-order valence-corrected chi connectivity index (χ1v) is 12.0. The molecule has 2 heterocycles. The summed E-state index contributed by atoms with van der Waals surface area (Å²) in [6.07, 6.45) is 2.69. The zero-order valence-electron chi connectivity index (χ0n) is 20.0. The molecule has 7 nitrogen and oxygen atoms in total. The summed E-state index contributed by atoms with van der Waals surface area (Å²) in [6, 6.07) is 19.2. The van der Waals surface area contributed by atoms with Crippen molar-refractivity contribution in [1.82, 2.24) is 20.1 Å². The number of para-hydroxylation sites is 1. The van der Waals surface area contributed by atoms with Gasteiger partial charge in [0, 0.05) is 39.1 Å². The summed E-state index contributed by atoms with van der Waals surface area (Å²) in [5.41, 5.74) is 1.80. The number of carbonyl (C=O) groups is 2. The summed E-state index contributed by atoms with van der Waals surface area (Å²) >= 11 is 0. The Kier molecular flexibility index (Phi) is 9.46. The number of benzene rings is 2. The van der Waals surface area contributed by atoms with Gasteiger partial charge in [0.15, 0.2) is 0 Å². The third-order valence-electron chi connectivity index (χ3n) is 6.41. The summed E-state index contributed by atoms with van der Waals surface area (Å²) in [4.78, 5) is 40.7. The largest absolute Gasteiger partial charge is 0.356 e. The van der Waals surface area contributed by atoms with Crippen molar-refractivity contribution in [2.45, 2.75) is 31.7 Å². The summed E-state index contributed by atoms with van der Waals surface area (Å²) in [5, 5.41) is 7.34. The summed E-state index contributed by atoms with van der Waals surface area (Å²) < 4.78 is 1.54. The lowest BCUT2D eigenvalue weighted by Crippen LogP contribution is -2.38. The third kappa shape index (κ3) is 6.50. The van der Waals surface area contributed by atoms with Crippen LogP contribution in [-0.2, 0) is 11.8 Å². The first-order valence-electron chi connectivity index (χ1n) is 12.0. The van der Waals surface area contributed by atoms with Crippen LogP contribution in [0.15, 0.2) is 65.5 Å². The molecule has 8 heteroatoms. The summed E-state index contributed by atoms with van der Waals surface area (Å²) in [5.74, 6) is -0.260. The Balaban J connectivity index is 0.00000342. The van der Waals surface area contributed by atoms with Gasteiger partial charge in [-0.3, -0.25) is 14.4 Å². The van der Waals surface area contributed by atoms with E-state index in [2.05, 4.69) is 10.6 Å². The van der Waals surface area contributed by atoms with E-state index in [1.165, 1.54) is 4.57 Å². The molecule has 1 saturated heterocycles. The van der Waals surface area contributed by atoms with E-state index in [0.717, 1.165) is 35.9 Å². The molecule has 1 fully saturated rings. The molecule has 1 atom stereocenters. The van der Waals surface area contributed by atoms with Gasteiger partial charge in [0.2, 0.25) is 5.91 Å². The van der Waals surface area contributed by atoms with Gasteiger partial charge in [0.1, 0.15) is 5.56 Å². The van der Waals surface area contributed by atoms with Crippen LogP contribution in [0.4, 0.5) is 0 Å². The monoisotopic (exact) mass is 496 g/mol. The normalized spacial score (nSPS) is 17.9. The van der Waals surface area contributed by atoms with E-state index >= 15 is 0 Å². The van der Waals surface area contributed by atoms with Gasteiger partial charge >= 0.3 is 0 Å². The number of amides is 2. The minimum Gasteiger partial charge on any atom is -0.356 e. The van der Waals surface area contributed by atoms with Crippen LogP contribution in [0.3, 0.4) is 0 Å². The quantitative estimate of drug-likeness (QED) is 0.569. The van der Waals surface area contributed by atoms with Gasteiger partial charge in [-0.25, -0.2) is 0 Å². The molecule has 2 N–H and O–H groups in total. The number of aryl methyl sites for hydroxylation is 1. The van der Waals surface area contributed by atoms with Crippen LogP contribution in [0.2, 0.25) is 0 Å². The number of halogens is 1. The maximum absolute atomic E-state index is 13.4. The van der Waals surface area contributed by atoms with Crippen molar-refractivity contribution < 1.29 is 9.59 Å². The topological polar surface area (TPSA) is 83.4 Å². The number of aromatic nitrogens is 1. The average molecular weight is 497 g/mol. The van der Waals surface area contributed by atoms with Crippen molar-refractivity contribution in [2.24, 2.45) is 7.05 Å². The highest BCUT2D eigenvalue weighted by atomic mass is 35.5. The van der Waals surface area contributed by atoms with Crippen molar-refractivity contribution in [3.05, 3.63) is 82.1 Å². The van der Waals surface area contributed by atoms with E-state index < -0.39 is 0 Å². The lowest BCUT2D eigenvalue weighted by atomic mass is 10.0. The van der Waals surface area contributed by atoms with Gasteiger partial charge < -0.3 is 20.1 Å². The van der Waals surface area contributed by atoms with Gasteiger partial charge in [-0.1, -0.05) is 48.5 Å². The van der Waals surface area contributed by atoms with Gasteiger partial charge in [0.25, 0.3) is 11.5 Å². The van der Waals surface area contributed by atoms with Crippen molar-refractivity contribution in [1.29, 1.82) is 0 Å². The molecule has 1 aromatic heterocycles. The van der Waals surface area contributed by atoms with E-state index in [4.69, 9.17) is 0 Å². The number of hydrogen-bond donors (Lipinski definition) is 2. The van der Waals surface area contributed by atoms with Crippen molar-refractivity contribution >= 4 is 35.1 Å². The molecule has 0 spiro atoms. The maximum Gasteiger partial charge on any atom is 0.263 e. The Labute approximate surface area is 211 Å². The predicted molar refractivity (Wildman–Crippen MR) is 141 cm³/mol. The minimum absolute atomic E-state index is 0. The van der Waals surface area contributed by atoms with Crippen molar-refractivity contribution in [3.8, 4) is 0 Å². The number of rotatable bonds is 2. The Morgan fingerprint density at radius 3 is 2.43 bits per heavy atom. The van der Waals surface area contributed by atoms with E-state index in [9.17, 15) is 14.4 Å². The molecular formula is C27H33ClN4O3. The van der Waals surface area contributed by atoms with Crippen molar-refractivity contribution in [3.63, 3.8) is 0 Å². The molecule has 0 bridgehead atoms. The van der Waals surface area contributed by atoms with Crippen molar-refractivity contribution in [2.75, 3.05) is 26.2 Å². The highest BCUT2D eigenvalue weighted by Crippen LogP contribution is 2.17. The molecule has 35 heavy (non-hydrogen) atoms. The fourth-order valence-corrected chi connectivity index (χ4v) is 4.51. The first kappa shape index (κ1) is 26.4. The fraction of sp³-hybridized carbons (Fsp3) is 0.370. The lowest BCUT2D eigenvalue weighted by Gasteiger charge is -2.23. The Morgan fingerprint density at radius 2 is 1.63 bits per heavy atom. The third-order valence-corrected chi connectivity index (χ3v) is 6.41. The van der Waals surface area contributed by atoms with Gasteiger partial charge in [-0.05, 0) is 48.9 Å². The molecule has 3 aromatic rings. The Hall–Kier alpha value is -3.16. The second-order valence-corrected chi connectivity index (χ2v) is 8.81. The smallest absolute Gasteiger partial charge is 0.263 e. The van der Waals surface area contributed by atoms with Gasteiger partial charge in [-0.15, -0.1) is 12.4 Å². The van der Waals surface area contributed by atoms with E-state index in [-0.39, 0.29) is 41.4 Å². The number of fused-ring (bicyclic) bond motifs is 1. The zero-order chi connectivity index (χ0) is 23.9. The van der Waals surface area contributed by atoms with Crippen LogP contribution in [-0.4, -0.2) is 47.5 Å². The Morgan fingerprint density at radius 1 is 0.914 bits per heavy atom. The minimum atomic E-state index is -0.285. The van der Waals surface area contributed by atoms with Gasteiger partial charge in [0.05, 0.1) is 5.52 Å². The number of pyridine rings is 1. The van der Waals surface area contributed by atoms with Crippen LogP contribution >= 0.6 is 12.4 Å². The average Bonchev–Trinajstić information content (AvgIpc) is 2.88. The van der Waals surface area contributed by atoms with E-state index in [1.54, 1.807) is 18.0 Å². The number of nitrogens with zero attached hydrogens (tertiary/aromatic N) is 2. The SMILES string of the molecule is Cl.Cn1c(=O)c(C(=O)N2CCCCNC(c3ccccc3)CC(=O)NCCC2)cc2ccccc21. The standard InChI is InChI=1S/C27H32N4O3.ClH/c1-30-24-13-6-5-12-21(24)18-22(26(30)33)27(34)31-16-8-7-14-28-23(20-10-3-2-4-11-20)19-25(32)29-15-9-17-31;/h2-6,10-13,18,23,28H,7-9,14-17,19H2,1H3,(H,29,32);1H. The summed E-state index contributed by atoms with van der Waals surface area (Å²) in [7, 11) is 1.70. The number of nitrogens with one attached hydrogen (secondary N) is 2. The maximum atomic E-state index is 13.4. The fourth-order valence-electron chi connectivity index (χ4n) is 4.51.